The van der Waals surface area contributed by atoms with E-state index in [0.717, 1.165) is 12.0 Å². The van der Waals surface area contributed by atoms with E-state index in [9.17, 15) is 0 Å². The summed E-state index contributed by atoms with van der Waals surface area (Å²) in [5, 5.41) is 3.72. The van der Waals surface area contributed by atoms with Gasteiger partial charge in [-0.3, -0.25) is 0 Å². The number of piperidine rings is 1. The fourth-order valence-corrected chi connectivity index (χ4v) is 2.94. The lowest BCUT2D eigenvalue weighted by molar-refractivity contribution is 0.261. The number of nitrogens with one attached hydrogen (secondary N) is 1. The lowest BCUT2D eigenvalue weighted by Gasteiger charge is -2.33. The maximum absolute atomic E-state index is 3.72. The summed E-state index contributed by atoms with van der Waals surface area (Å²) >= 11 is 0. The Morgan fingerprint density at radius 2 is 2.06 bits per heavy atom. The number of rotatable bonds is 5. The van der Waals surface area contributed by atoms with E-state index in [2.05, 4.69) is 42.6 Å². The maximum atomic E-state index is 3.72. The SMILES string of the molecule is CCCC[C@H]1NCCC[C@@H]1Cc1ccccc1. The summed E-state index contributed by atoms with van der Waals surface area (Å²) in [6, 6.07) is 11.7. The third-order valence-electron chi connectivity index (χ3n) is 3.94. The first kappa shape index (κ1) is 12.6. The molecule has 1 heteroatoms. The topological polar surface area (TPSA) is 12.0 Å². The first-order chi connectivity index (χ1) is 8.40. The van der Waals surface area contributed by atoms with Crippen LogP contribution >= 0.6 is 0 Å². The Hall–Kier alpha value is -0.820. The molecule has 1 N–H and O–H groups in total. The standard InChI is InChI=1S/C16H25N/c1-2-3-11-16-15(10-7-12-17-16)13-14-8-5-4-6-9-14/h4-6,8-9,15-17H,2-3,7,10-13H2,1H3/t15-,16-/m1/s1. The Morgan fingerprint density at radius 3 is 2.82 bits per heavy atom. The van der Waals surface area contributed by atoms with Gasteiger partial charge in [-0.15, -0.1) is 0 Å². The minimum Gasteiger partial charge on any atom is -0.314 e. The normalized spacial score (nSPS) is 24.8. The minimum atomic E-state index is 0.754. The van der Waals surface area contributed by atoms with E-state index in [1.807, 2.05) is 0 Å². The first-order valence-corrected chi connectivity index (χ1v) is 7.17. The molecule has 1 fully saturated rings. The lowest BCUT2D eigenvalue weighted by atomic mass is 9.83. The van der Waals surface area contributed by atoms with Gasteiger partial charge in [0.1, 0.15) is 0 Å². The second kappa shape index (κ2) is 6.80. The molecule has 94 valence electrons. The van der Waals surface area contributed by atoms with Gasteiger partial charge in [0.2, 0.25) is 0 Å². The Bertz CT molecular complexity index is 307. The van der Waals surface area contributed by atoms with Gasteiger partial charge in [0.05, 0.1) is 0 Å². The molecule has 1 nitrogen and oxygen atoms in total. The number of benzene rings is 1. The number of hydrogen-bond donors (Lipinski definition) is 1. The lowest BCUT2D eigenvalue weighted by Crippen LogP contribution is -2.42. The fraction of sp³-hybridized carbons (Fsp3) is 0.625. The van der Waals surface area contributed by atoms with Crippen LogP contribution in [0.4, 0.5) is 0 Å². The van der Waals surface area contributed by atoms with Crippen molar-refractivity contribution in [2.45, 2.75) is 51.5 Å². The van der Waals surface area contributed by atoms with Crippen LogP contribution in [0.3, 0.4) is 0 Å². The zero-order chi connectivity index (χ0) is 11.9. The molecule has 0 saturated carbocycles. The van der Waals surface area contributed by atoms with Crippen molar-refractivity contribution in [1.29, 1.82) is 0 Å². The van der Waals surface area contributed by atoms with Gasteiger partial charge in [0.25, 0.3) is 0 Å². The van der Waals surface area contributed by atoms with E-state index in [1.165, 1.54) is 50.6 Å². The van der Waals surface area contributed by atoms with Crippen LogP contribution in [0.1, 0.15) is 44.6 Å². The molecule has 1 aliphatic rings. The van der Waals surface area contributed by atoms with Crippen LogP contribution in [0.15, 0.2) is 30.3 Å². The molecule has 1 heterocycles. The molecule has 0 spiro atoms. The molecular weight excluding hydrogens is 206 g/mol. The van der Waals surface area contributed by atoms with Crippen LogP contribution in [-0.2, 0) is 6.42 Å². The summed E-state index contributed by atoms with van der Waals surface area (Å²) in [5.74, 6) is 0.845. The zero-order valence-electron chi connectivity index (χ0n) is 11.0. The summed E-state index contributed by atoms with van der Waals surface area (Å²) in [6.07, 6.45) is 8.03. The predicted octanol–water partition coefficient (Wildman–Crippen LogP) is 3.79. The van der Waals surface area contributed by atoms with Crippen LogP contribution in [0.5, 0.6) is 0 Å². The van der Waals surface area contributed by atoms with Gasteiger partial charge >= 0.3 is 0 Å². The smallest absolute Gasteiger partial charge is 0.00985 e. The Morgan fingerprint density at radius 1 is 1.24 bits per heavy atom. The summed E-state index contributed by atoms with van der Waals surface area (Å²) < 4.78 is 0. The van der Waals surface area contributed by atoms with Crippen molar-refractivity contribution in [2.75, 3.05) is 6.54 Å². The molecule has 0 amide bonds. The van der Waals surface area contributed by atoms with Crippen LogP contribution in [0, 0.1) is 5.92 Å². The predicted molar refractivity (Wildman–Crippen MR) is 74.2 cm³/mol. The maximum Gasteiger partial charge on any atom is 0.00985 e. The van der Waals surface area contributed by atoms with Crippen molar-refractivity contribution < 1.29 is 0 Å². The van der Waals surface area contributed by atoms with Crippen LogP contribution < -0.4 is 5.32 Å². The van der Waals surface area contributed by atoms with Crippen molar-refractivity contribution >= 4 is 0 Å². The van der Waals surface area contributed by atoms with Crippen molar-refractivity contribution in [3.05, 3.63) is 35.9 Å². The molecule has 0 radical (unpaired) electrons. The quantitative estimate of drug-likeness (QED) is 0.813. The molecule has 1 saturated heterocycles. The van der Waals surface area contributed by atoms with Gasteiger partial charge in [-0.05, 0) is 43.7 Å². The van der Waals surface area contributed by atoms with E-state index in [4.69, 9.17) is 0 Å². The second-order valence-corrected chi connectivity index (χ2v) is 5.29. The van der Waals surface area contributed by atoms with Gasteiger partial charge in [-0.1, -0.05) is 50.1 Å². The minimum absolute atomic E-state index is 0.754. The zero-order valence-corrected chi connectivity index (χ0v) is 11.0. The summed E-state index contributed by atoms with van der Waals surface area (Å²) in [7, 11) is 0. The third-order valence-corrected chi connectivity index (χ3v) is 3.94. The molecule has 0 unspecified atom stereocenters. The van der Waals surface area contributed by atoms with Gasteiger partial charge in [0, 0.05) is 6.04 Å². The van der Waals surface area contributed by atoms with Crippen molar-refractivity contribution in [2.24, 2.45) is 5.92 Å². The molecule has 1 aliphatic heterocycles. The summed E-state index contributed by atoms with van der Waals surface area (Å²) in [5.41, 5.74) is 1.50. The highest BCUT2D eigenvalue weighted by atomic mass is 14.9. The first-order valence-electron chi connectivity index (χ1n) is 7.17. The molecule has 2 rings (SSSR count). The molecule has 0 aromatic heterocycles. The fourth-order valence-electron chi connectivity index (χ4n) is 2.94. The Balaban J connectivity index is 1.92. The average molecular weight is 231 g/mol. The van der Waals surface area contributed by atoms with Crippen molar-refractivity contribution in [3.63, 3.8) is 0 Å². The van der Waals surface area contributed by atoms with Crippen molar-refractivity contribution in [1.82, 2.24) is 5.32 Å². The molecule has 1 aromatic carbocycles. The van der Waals surface area contributed by atoms with Gasteiger partial charge in [-0.25, -0.2) is 0 Å². The molecule has 17 heavy (non-hydrogen) atoms. The monoisotopic (exact) mass is 231 g/mol. The summed E-state index contributed by atoms with van der Waals surface area (Å²) in [4.78, 5) is 0. The molecule has 1 aromatic rings. The molecule has 0 aliphatic carbocycles. The van der Waals surface area contributed by atoms with Crippen LogP contribution in [0.25, 0.3) is 0 Å². The molecule has 2 atom stereocenters. The second-order valence-electron chi connectivity index (χ2n) is 5.29. The largest absolute Gasteiger partial charge is 0.314 e. The van der Waals surface area contributed by atoms with E-state index >= 15 is 0 Å². The van der Waals surface area contributed by atoms with E-state index < -0.39 is 0 Å². The Kier molecular flexibility index (Phi) is 5.06. The van der Waals surface area contributed by atoms with E-state index in [1.54, 1.807) is 0 Å². The summed E-state index contributed by atoms with van der Waals surface area (Å²) in [6.45, 7) is 3.51. The van der Waals surface area contributed by atoms with E-state index in [0.29, 0.717) is 0 Å². The highest BCUT2D eigenvalue weighted by Gasteiger charge is 2.23. The van der Waals surface area contributed by atoms with Gasteiger partial charge in [0.15, 0.2) is 0 Å². The average Bonchev–Trinajstić information content (AvgIpc) is 2.39. The van der Waals surface area contributed by atoms with Gasteiger partial charge in [-0.2, -0.15) is 0 Å². The Labute approximate surface area is 106 Å². The van der Waals surface area contributed by atoms with E-state index in [-0.39, 0.29) is 0 Å². The van der Waals surface area contributed by atoms with Crippen LogP contribution in [0.2, 0.25) is 0 Å². The highest BCUT2D eigenvalue weighted by molar-refractivity contribution is 5.15. The van der Waals surface area contributed by atoms with Crippen LogP contribution in [-0.4, -0.2) is 12.6 Å². The van der Waals surface area contributed by atoms with Gasteiger partial charge < -0.3 is 5.32 Å². The molecule has 0 bridgehead atoms. The third kappa shape index (κ3) is 3.85. The van der Waals surface area contributed by atoms with Crippen molar-refractivity contribution in [3.8, 4) is 0 Å². The number of unbranched alkanes of at least 4 members (excludes halogenated alkanes) is 1. The number of hydrogen-bond acceptors (Lipinski definition) is 1. The highest BCUT2D eigenvalue weighted by Crippen LogP contribution is 2.24. The molecular formula is C16H25N.